The predicted molar refractivity (Wildman–Crippen MR) is 200 cm³/mol. The number of carboxylic acid groups (broad SMARTS) is 1. The first kappa shape index (κ1) is 46.6. The van der Waals surface area contributed by atoms with Gasteiger partial charge in [-0.25, -0.2) is 22.4 Å². The van der Waals surface area contributed by atoms with Crippen molar-refractivity contribution in [2.45, 2.75) is 95.5 Å². The number of aliphatic hydroxyl groups is 1. The minimum Gasteiger partial charge on any atom is -0.497 e. The number of ether oxygens (including phenoxy) is 1. The van der Waals surface area contributed by atoms with Gasteiger partial charge in [0.1, 0.15) is 29.4 Å². The highest BCUT2D eigenvalue weighted by Gasteiger charge is 2.45. The van der Waals surface area contributed by atoms with E-state index < -0.39 is 131 Å². The van der Waals surface area contributed by atoms with E-state index in [-0.39, 0.29) is 37.7 Å². The second kappa shape index (κ2) is 20.2. The maximum absolute atomic E-state index is 14.9. The molecule has 8 N–H and O–H groups in total. The first-order valence-corrected chi connectivity index (χ1v) is 19.1. The Bertz CT molecular complexity index is 2050. The number of ketones is 1. The Hall–Kier alpha value is -6.12. The van der Waals surface area contributed by atoms with E-state index in [4.69, 9.17) is 10.5 Å². The molecule has 4 rings (SSSR count). The van der Waals surface area contributed by atoms with Crippen LogP contribution in [0.5, 0.6) is 5.75 Å². The molecule has 0 aromatic heterocycles. The summed E-state index contributed by atoms with van der Waals surface area (Å²) in [7, 11) is 1.40. The lowest BCUT2D eigenvalue weighted by molar-refractivity contribution is -0.143. The van der Waals surface area contributed by atoms with Crippen LogP contribution in [0, 0.1) is 36.1 Å². The van der Waals surface area contributed by atoms with E-state index in [1.807, 2.05) is 0 Å². The van der Waals surface area contributed by atoms with Crippen molar-refractivity contribution in [2.24, 2.45) is 11.7 Å². The average molecular weight is 851 g/mol. The number of carboxylic acids is 1. The van der Waals surface area contributed by atoms with Crippen molar-refractivity contribution >= 4 is 47.2 Å². The third kappa shape index (κ3) is 10.7. The first-order chi connectivity index (χ1) is 28.3. The van der Waals surface area contributed by atoms with Crippen LogP contribution in [0.4, 0.5) is 17.6 Å². The molecule has 0 bridgehead atoms. The number of aryl methyl sites for hydroxylation is 1. The standard InChI is InChI=1S/C39H46F4N6O11/c1-4-8-22(33(52)37(56)45-15-24(51)47-31(34(44)53)19-11-17(2)12-21(13-19)60-3)46-35(54)23-14-20(50)16-49(23)38(57)32(18-9-6-5-7-10-18)48-36(55)25-26(39(58)59)28(41)30(43)29(42)27(25)40/h11-13,18,20,22-23,31-32,50H,4-10,14-16H2,1-3H3,(H2,44,53)(H,45,56)(H,46,54)(H,47,51)(H,48,55)(H,58,59)/t20-,22?,23+,31?,32+/m1/s1. The van der Waals surface area contributed by atoms with Crippen molar-refractivity contribution in [1.29, 1.82) is 0 Å². The molecular weight excluding hydrogens is 804 g/mol. The lowest BCUT2D eigenvalue weighted by atomic mass is 9.83. The summed E-state index contributed by atoms with van der Waals surface area (Å²) in [6, 6.07) is -1.29. The molecule has 1 aliphatic carbocycles. The molecular formula is C39H46F4N6O11. The van der Waals surface area contributed by atoms with Crippen LogP contribution in [0.2, 0.25) is 0 Å². The van der Waals surface area contributed by atoms with E-state index in [1.54, 1.807) is 26.0 Å². The quantitative estimate of drug-likeness (QED) is 0.0515. The van der Waals surface area contributed by atoms with Gasteiger partial charge in [0.15, 0.2) is 23.3 Å². The van der Waals surface area contributed by atoms with Crippen molar-refractivity contribution in [2.75, 3.05) is 20.2 Å². The van der Waals surface area contributed by atoms with Crippen molar-refractivity contribution in [1.82, 2.24) is 26.2 Å². The van der Waals surface area contributed by atoms with Gasteiger partial charge in [-0.1, -0.05) is 38.7 Å². The summed E-state index contributed by atoms with van der Waals surface area (Å²) < 4.78 is 62.8. The van der Waals surface area contributed by atoms with E-state index >= 15 is 0 Å². The van der Waals surface area contributed by atoms with Gasteiger partial charge >= 0.3 is 5.97 Å². The summed E-state index contributed by atoms with van der Waals surface area (Å²) in [5, 5.41) is 29.1. The molecule has 2 aromatic carbocycles. The highest BCUT2D eigenvalue weighted by atomic mass is 19.2. The summed E-state index contributed by atoms with van der Waals surface area (Å²) in [5.74, 6) is -20.4. The van der Waals surface area contributed by atoms with Gasteiger partial charge in [0.2, 0.25) is 29.4 Å². The fourth-order valence-corrected chi connectivity index (χ4v) is 7.42. The summed E-state index contributed by atoms with van der Waals surface area (Å²) >= 11 is 0. The second-order valence-corrected chi connectivity index (χ2v) is 14.6. The predicted octanol–water partition coefficient (Wildman–Crippen LogP) is 1.21. The van der Waals surface area contributed by atoms with Crippen LogP contribution in [0.3, 0.4) is 0 Å². The summed E-state index contributed by atoms with van der Waals surface area (Å²) in [5.41, 5.74) is 2.95. The van der Waals surface area contributed by atoms with Crippen molar-refractivity contribution in [3.05, 3.63) is 63.7 Å². The minimum absolute atomic E-state index is 0.102. The number of primary amides is 1. The third-order valence-electron chi connectivity index (χ3n) is 10.3. The SMILES string of the molecule is CCCC(NC(=O)[C@@H]1C[C@@H](O)CN1C(=O)[C@@H](NC(=O)c1c(F)c(F)c(F)c(F)c1C(=O)O)C1CCCCC1)C(=O)C(=O)NCC(=O)NC(C(N)=O)c1cc(C)cc(OC)c1. The van der Waals surface area contributed by atoms with Gasteiger partial charge in [0, 0.05) is 13.0 Å². The fourth-order valence-electron chi connectivity index (χ4n) is 7.42. The van der Waals surface area contributed by atoms with Crippen LogP contribution in [0.1, 0.15) is 96.2 Å². The van der Waals surface area contributed by atoms with Gasteiger partial charge in [0.05, 0.1) is 31.4 Å². The van der Waals surface area contributed by atoms with E-state index in [2.05, 4.69) is 21.3 Å². The number of Topliss-reactive ketones (excluding diaryl/α,β-unsaturated/α-hetero) is 1. The molecule has 21 heteroatoms. The monoisotopic (exact) mass is 850 g/mol. The van der Waals surface area contributed by atoms with Crippen LogP contribution < -0.4 is 31.7 Å². The van der Waals surface area contributed by atoms with Gasteiger partial charge in [-0.15, -0.1) is 0 Å². The molecule has 17 nitrogen and oxygen atoms in total. The van der Waals surface area contributed by atoms with E-state index in [0.29, 0.717) is 24.2 Å². The van der Waals surface area contributed by atoms with Crippen LogP contribution in [-0.4, -0.2) is 107 Å². The first-order valence-electron chi connectivity index (χ1n) is 19.1. The number of nitrogens with one attached hydrogen (secondary N) is 4. The van der Waals surface area contributed by atoms with E-state index in [9.17, 15) is 66.1 Å². The Kier molecular flexibility index (Phi) is 15.7. The summed E-state index contributed by atoms with van der Waals surface area (Å²) in [6.45, 7) is 2.07. The van der Waals surface area contributed by atoms with Crippen molar-refractivity contribution < 1.29 is 70.9 Å². The number of methoxy groups -OCH3 is 1. The van der Waals surface area contributed by atoms with E-state index in [1.165, 1.54) is 13.2 Å². The number of amides is 6. The summed E-state index contributed by atoms with van der Waals surface area (Å²) in [4.78, 5) is 105. The Balaban J connectivity index is 1.50. The van der Waals surface area contributed by atoms with E-state index in [0.717, 1.165) is 11.3 Å². The highest BCUT2D eigenvalue weighted by Crippen LogP contribution is 2.31. The molecule has 1 saturated carbocycles. The topological polar surface area (TPSA) is 264 Å². The number of aliphatic hydroxyl groups excluding tert-OH is 1. The molecule has 1 saturated heterocycles. The number of nitrogens with two attached hydrogens (primary N) is 1. The minimum atomic E-state index is -2.47. The number of rotatable bonds is 17. The number of halogens is 4. The average Bonchev–Trinajstić information content (AvgIpc) is 3.61. The molecule has 2 aromatic rings. The Morgan fingerprint density at radius 1 is 0.900 bits per heavy atom. The number of carbonyl (C=O) groups is 8. The Morgan fingerprint density at radius 2 is 1.53 bits per heavy atom. The number of nitrogens with zero attached hydrogens (tertiary/aromatic N) is 1. The molecule has 0 radical (unpaired) electrons. The van der Waals surface area contributed by atoms with Gasteiger partial charge in [-0.3, -0.25) is 33.6 Å². The van der Waals surface area contributed by atoms with Gasteiger partial charge in [-0.2, -0.15) is 0 Å². The molecule has 5 atom stereocenters. The number of β-amino-alcohol motifs (C(OH)–C–C–N with tert-alkyl or cyclic N) is 1. The zero-order valence-corrected chi connectivity index (χ0v) is 32.9. The second-order valence-electron chi connectivity index (χ2n) is 14.6. The lowest BCUT2D eigenvalue weighted by Crippen LogP contribution is -2.58. The van der Waals surface area contributed by atoms with Gasteiger partial charge in [0.25, 0.3) is 11.8 Å². The van der Waals surface area contributed by atoms with Crippen LogP contribution in [-0.2, 0) is 28.8 Å². The van der Waals surface area contributed by atoms with Crippen LogP contribution in [0.15, 0.2) is 18.2 Å². The Morgan fingerprint density at radius 3 is 2.12 bits per heavy atom. The lowest BCUT2D eigenvalue weighted by Gasteiger charge is -2.35. The number of hydrogen-bond donors (Lipinski definition) is 7. The number of aromatic carboxylic acids is 1. The van der Waals surface area contributed by atoms with Crippen LogP contribution in [0.25, 0.3) is 0 Å². The zero-order valence-electron chi connectivity index (χ0n) is 32.9. The number of carbonyl (C=O) groups excluding carboxylic acids is 7. The molecule has 6 amide bonds. The summed E-state index contributed by atoms with van der Waals surface area (Å²) in [6.07, 6.45) is 0.826. The molecule has 0 spiro atoms. The zero-order chi connectivity index (χ0) is 44.6. The molecule has 1 heterocycles. The maximum Gasteiger partial charge on any atom is 0.339 e. The third-order valence-corrected chi connectivity index (χ3v) is 10.3. The molecule has 326 valence electrons. The van der Waals surface area contributed by atoms with Crippen LogP contribution >= 0.6 is 0 Å². The normalized spacial score (nSPS) is 18.1. The molecule has 2 fully saturated rings. The Labute approximate surface area is 340 Å². The molecule has 60 heavy (non-hydrogen) atoms. The number of benzene rings is 2. The molecule has 2 aliphatic rings. The maximum atomic E-state index is 14.9. The molecule has 1 aliphatic heterocycles. The fraction of sp³-hybridized carbons (Fsp3) is 0.487. The number of hydrogen-bond acceptors (Lipinski definition) is 10. The van der Waals surface area contributed by atoms with Crippen molar-refractivity contribution in [3.8, 4) is 5.75 Å². The van der Waals surface area contributed by atoms with Gasteiger partial charge in [-0.05, 0) is 55.4 Å². The number of likely N-dealkylation sites (tertiary alicyclic amines) is 1. The largest absolute Gasteiger partial charge is 0.497 e. The van der Waals surface area contributed by atoms with Crippen molar-refractivity contribution in [3.63, 3.8) is 0 Å². The highest BCUT2D eigenvalue weighted by molar-refractivity contribution is 6.38. The van der Waals surface area contributed by atoms with Gasteiger partial charge < -0.3 is 46.9 Å². The molecule has 2 unspecified atom stereocenters. The smallest absolute Gasteiger partial charge is 0.339 e.